The lowest BCUT2D eigenvalue weighted by Crippen LogP contribution is -2.17. The minimum Gasteiger partial charge on any atom is -0.490 e. The van der Waals surface area contributed by atoms with Gasteiger partial charge in [-0.1, -0.05) is 20.8 Å². The molecule has 23 heavy (non-hydrogen) atoms. The molecule has 2 N–H and O–H groups in total. The molecule has 0 saturated heterocycles. The van der Waals surface area contributed by atoms with E-state index in [0.29, 0.717) is 43.1 Å². The van der Waals surface area contributed by atoms with Crippen LogP contribution < -0.4 is 9.47 Å². The number of ether oxygens (including phenoxy) is 2. The van der Waals surface area contributed by atoms with Gasteiger partial charge in [0.15, 0.2) is 11.5 Å². The molecule has 0 spiro atoms. The van der Waals surface area contributed by atoms with E-state index in [9.17, 15) is 9.50 Å². The van der Waals surface area contributed by atoms with E-state index in [1.807, 2.05) is 20.8 Å². The zero-order chi connectivity index (χ0) is 17.2. The topological polar surface area (TPSA) is 58.9 Å². The molecule has 5 heteroatoms. The third-order valence-electron chi connectivity index (χ3n) is 3.69. The lowest BCUT2D eigenvalue weighted by Gasteiger charge is -2.21. The van der Waals surface area contributed by atoms with Crippen LogP contribution in [0.25, 0.3) is 0 Å². The van der Waals surface area contributed by atoms with Crippen molar-refractivity contribution in [1.29, 1.82) is 0 Å². The number of halogens is 1. The molecule has 0 aliphatic rings. The normalized spacial score (nSPS) is 13.7. The first-order chi connectivity index (χ1) is 11.1. The molecule has 2 unspecified atom stereocenters. The van der Waals surface area contributed by atoms with Crippen LogP contribution in [-0.2, 0) is 0 Å². The van der Waals surface area contributed by atoms with E-state index in [-0.39, 0.29) is 18.3 Å². The van der Waals surface area contributed by atoms with Gasteiger partial charge in [-0.25, -0.2) is 4.39 Å². The van der Waals surface area contributed by atoms with Gasteiger partial charge in [0, 0.05) is 6.07 Å². The maximum atomic E-state index is 14.5. The Morgan fingerprint density at radius 2 is 1.61 bits per heavy atom. The van der Waals surface area contributed by atoms with Gasteiger partial charge >= 0.3 is 0 Å². The third-order valence-corrected chi connectivity index (χ3v) is 3.69. The molecule has 1 aromatic rings. The van der Waals surface area contributed by atoms with Gasteiger partial charge in [-0.2, -0.15) is 0 Å². The second-order valence-corrected chi connectivity index (χ2v) is 5.69. The minimum absolute atomic E-state index is 0.179. The quantitative estimate of drug-likeness (QED) is 0.651. The van der Waals surface area contributed by atoms with Crippen LogP contribution in [0, 0.1) is 5.82 Å². The highest BCUT2D eigenvalue weighted by Crippen LogP contribution is 2.36. The highest BCUT2D eigenvalue weighted by atomic mass is 19.1. The summed E-state index contributed by atoms with van der Waals surface area (Å²) in [5.74, 6) is 0.408. The average molecular weight is 328 g/mol. The summed E-state index contributed by atoms with van der Waals surface area (Å²) in [6.07, 6.45) is 1.80. The summed E-state index contributed by atoms with van der Waals surface area (Å²) < 4.78 is 25.8. The number of benzene rings is 1. The maximum absolute atomic E-state index is 14.5. The van der Waals surface area contributed by atoms with Gasteiger partial charge < -0.3 is 19.7 Å². The molecule has 0 aliphatic carbocycles. The fraction of sp³-hybridized carbons (Fsp3) is 0.667. The van der Waals surface area contributed by atoms with Crippen LogP contribution in [0.2, 0.25) is 0 Å². The van der Waals surface area contributed by atoms with E-state index in [2.05, 4.69) is 0 Å². The standard InChI is InChI=1S/C18H29FO4/c1-4-7-22-17-10-15(13(6-3)9-14(21)12-20)16(19)11-18(17)23-8-5-2/h10-11,13-14,20-21H,4-9,12H2,1-3H3. The van der Waals surface area contributed by atoms with Crippen molar-refractivity contribution in [2.45, 2.75) is 58.5 Å². The molecule has 4 nitrogen and oxygen atoms in total. The predicted molar refractivity (Wildman–Crippen MR) is 88.7 cm³/mol. The number of aliphatic hydroxyl groups is 2. The van der Waals surface area contributed by atoms with Crippen LogP contribution >= 0.6 is 0 Å². The number of hydrogen-bond donors (Lipinski definition) is 2. The van der Waals surface area contributed by atoms with Crippen molar-refractivity contribution in [3.05, 3.63) is 23.5 Å². The Morgan fingerprint density at radius 1 is 1.04 bits per heavy atom. The maximum Gasteiger partial charge on any atom is 0.164 e. The molecule has 1 aromatic carbocycles. The summed E-state index contributed by atoms with van der Waals surface area (Å²) in [7, 11) is 0. The summed E-state index contributed by atoms with van der Waals surface area (Å²) in [5.41, 5.74) is 0.495. The SMILES string of the molecule is CCCOc1cc(F)c(C(CC)CC(O)CO)cc1OCCC. The summed E-state index contributed by atoms with van der Waals surface area (Å²) in [6, 6.07) is 3.04. The molecule has 1 rings (SSSR count). The van der Waals surface area contributed by atoms with E-state index in [4.69, 9.17) is 14.6 Å². The van der Waals surface area contributed by atoms with Gasteiger partial charge in [-0.05, 0) is 43.2 Å². The summed E-state index contributed by atoms with van der Waals surface area (Å²) in [6.45, 7) is 6.63. The number of aliphatic hydroxyl groups excluding tert-OH is 2. The van der Waals surface area contributed by atoms with Crippen molar-refractivity contribution in [2.24, 2.45) is 0 Å². The highest BCUT2D eigenvalue weighted by Gasteiger charge is 2.21. The summed E-state index contributed by atoms with van der Waals surface area (Å²) >= 11 is 0. The van der Waals surface area contributed by atoms with Crippen molar-refractivity contribution < 1.29 is 24.1 Å². The summed E-state index contributed by atoms with van der Waals surface area (Å²) in [4.78, 5) is 0. The first-order valence-corrected chi connectivity index (χ1v) is 8.45. The molecule has 132 valence electrons. The Labute approximate surface area is 138 Å². The first kappa shape index (κ1) is 19.7. The van der Waals surface area contributed by atoms with E-state index in [0.717, 1.165) is 12.8 Å². The smallest absolute Gasteiger partial charge is 0.164 e. The molecule has 0 fully saturated rings. The lowest BCUT2D eigenvalue weighted by atomic mass is 9.90. The lowest BCUT2D eigenvalue weighted by molar-refractivity contribution is 0.0814. The van der Waals surface area contributed by atoms with E-state index in [1.54, 1.807) is 6.07 Å². The van der Waals surface area contributed by atoms with Gasteiger partial charge in [-0.3, -0.25) is 0 Å². The molecule has 0 saturated carbocycles. The van der Waals surface area contributed by atoms with Crippen LogP contribution in [0.1, 0.15) is 57.9 Å². The molecule has 0 radical (unpaired) electrons. The van der Waals surface area contributed by atoms with Crippen LogP contribution in [0.4, 0.5) is 4.39 Å². The highest BCUT2D eigenvalue weighted by molar-refractivity contribution is 5.45. The second kappa shape index (κ2) is 10.4. The van der Waals surface area contributed by atoms with Gasteiger partial charge in [0.25, 0.3) is 0 Å². The fourth-order valence-corrected chi connectivity index (χ4v) is 2.43. The molecule has 0 amide bonds. The van der Waals surface area contributed by atoms with E-state index >= 15 is 0 Å². The molecule has 0 aromatic heterocycles. The van der Waals surface area contributed by atoms with Gasteiger partial charge in [0.2, 0.25) is 0 Å². The van der Waals surface area contributed by atoms with Gasteiger partial charge in [0.1, 0.15) is 5.82 Å². The predicted octanol–water partition coefficient (Wildman–Crippen LogP) is 3.64. The van der Waals surface area contributed by atoms with Gasteiger partial charge in [-0.15, -0.1) is 0 Å². The van der Waals surface area contributed by atoms with Gasteiger partial charge in [0.05, 0.1) is 25.9 Å². The van der Waals surface area contributed by atoms with Crippen molar-refractivity contribution in [3.63, 3.8) is 0 Å². The molecule has 0 heterocycles. The Hall–Kier alpha value is -1.33. The first-order valence-electron chi connectivity index (χ1n) is 8.45. The Balaban J connectivity index is 3.10. The van der Waals surface area contributed by atoms with E-state index in [1.165, 1.54) is 6.07 Å². The molecule has 2 atom stereocenters. The monoisotopic (exact) mass is 328 g/mol. The zero-order valence-electron chi connectivity index (χ0n) is 14.3. The largest absolute Gasteiger partial charge is 0.490 e. The van der Waals surface area contributed by atoms with Crippen LogP contribution in [0.3, 0.4) is 0 Å². The van der Waals surface area contributed by atoms with Crippen LogP contribution in [0.5, 0.6) is 11.5 Å². The van der Waals surface area contributed by atoms with Crippen LogP contribution in [-0.4, -0.2) is 36.1 Å². The number of hydrogen-bond acceptors (Lipinski definition) is 4. The van der Waals surface area contributed by atoms with Crippen molar-refractivity contribution in [2.75, 3.05) is 19.8 Å². The van der Waals surface area contributed by atoms with E-state index < -0.39 is 6.10 Å². The molecule has 0 bridgehead atoms. The molecular weight excluding hydrogens is 299 g/mol. The Kier molecular flexibility index (Phi) is 8.95. The fourth-order valence-electron chi connectivity index (χ4n) is 2.43. The van der Waals surface area contributed by atoms with Crippen molar-refractivity contribution in [3.8, 4) is 11.5 Å². The molecule has 0 aliphatic heterocycles. The van der Waals surface area contributed by atoms with Crippen molar-refractivity contribution >= 4 is 0 Å². The van der Waals surface area contributed by atoms with Crippen molar-refractivity contribution in [1.82, 2.24) is 0 Å². The van der Waals surface area contributed by atoms with Crippen LogP contribution in [0.15, 0.2) is 12.1 Å². The zero-order valence-corrected chi connectivity index (χ0v) is 14.3. The summed E-state index contributed by atoms with van der Waals surface area (Å²) in [5, 5.41) is 18.7. The molecular formula is C18H29FO4. The number of rotatable bonds is 11. The Bertz CT molecular complexity index is 465. The minimum atomic E-state index is -0.852. The second-order valence-electron chi connectivity index (χ2n) is 5.69. The Morgan fingerprint density at radius 3 is 2.09 bits per heavy atom. The average Bonchev–Trinajstić information content (AvgIpc) is 2.56. The third kappa shape index (κ3) is 5.99.